The van der Waals surface area contributed by atoms with Gasteiger partial charge in [0.25, 0.3) is 5.91 Å². The lowest BCUT2D eigenvalue weighted by Gasteiger charge is -2.12. The Kier molecular flexibility index (Phi) is 6.23. The van der Waals surface area contributed by atoms with Crippen LogP contribution in [0.5, 0.6) is 0 Å². The summed E-state index contributed by atoms with van der Waals surface area (Å²) in [5.74, 6) is -1.59. The van der Waals surface area contributed by atoms with Crippen molar-refractivity contribution in [1.82, 2.24) is 0 Å². The van der Waals surface area contributed by atoms with E-state index in [-0.39, 0.29) is 17.9 Å². The van der Waals surface area contributed by atoms with Crippen molar-refractivity contribution < 1.29 is 32.6 Å². The second-order valence-electron chi connectivity index (χ2n) is 5.17. The molecule has 2 aromatic carbocycles. The van der Waals surface area contributed by atoms with Crippen molar-refractivity contribution in [2.45, 2.75) is 12.8 Å². The van der Waals surface area contributed by atoms with E-state index < -0.39 is 35.2 Å². The predicted molar refractivity (Wildman–Crippen MR) is 87.7 cm³/mol. The first-order chi connectivity index (χ1) is 12.2. The van der Waals surface area contributed by atoms with E-state index in [0.717, 1.165) is 6.07 Å². The third-order valence-corrected chi connectivity index (χ3v) is 3.59. The second-order valence-corrected chi connectivity index (χ2v) is 5.58. The Morgan fingerprint density at radius 3 is 2.35 bits per heavy atom. The summed E-state index contributed by atoms with van der Waals surface area (Å²) in [7, 11) is 0. The van der Waals surface area contributed by atoms with Crippen LogP contribution in [-0.2, 0) is 22.3 Å². The summed E-state index contributed by atoms with van der Waals surface area (Å²) in [6, 6.07) is 8.77. The van der Waals surface area contributed by atoms with Crippen LogP contribution in [0.15, 0.2) is 42.5 Å². The summed E-state index contributed by atoms with van der Waals surface area (Å²) in [5, 5.41) is 10.6. The number of esters is 1. The molecule has 0 aliphatic heterocycles. The first-order valence-electron chi connectivity index (χ1n) is 7.24. The number of aliphatic hydroxyl groups is 1. The number of halogens is 4. The fourth-order valence-electron chi connectivity index (χ4n) is 1.98. The second kappa shape index (κ2) is 8.20. The number of carbonyl (C=O) groups excluding carboxylic acids is 2. The molecular weight excluding hydrogens is 375 g/mol. The highest BCUT2D eigenvalue weighted by Crippen LogP contribution is 2.36. The third kappa shape index (κ3) is 5.21. The normalized spacial score (nSPS) is 11.1. The number of benzene rings is 2. The number of hydrogen-bond acceptors (Lipinski definition) is 4. The van der Waals surface area contributed by atoms with Gasteiger partial charge in [-0.05, 0) is 35.9 Å². The Bertz CT molecular complexity index is 807. The molecule has 0 aromatic heterocycles. The van der Waals surface area contributed by atoms with Crippen LogP contribution < -0.4 is 5.32 Å². The molecule has 1 amide bonds. The van der Waals surface area contributed by atoms with Crippen LogP contribution in [0, 0.1) is 0 Å². The van der Waals surface area contributed by atoms with E-state index in [0.29, 0.717) is 11.6 Å². The lowest BCUT2D eigenvalue weighted by atomic mass is 10.1. The Labute approximate surface area is 151 Å². The molecule has 0 aliphatic carbocycles. The average Bonchev–Trinajstić information content (AvgIpc) is 2.60. The summed E-state index contributed by atoms with van der Waals surface area (Å²) < 4.78 is 43.1. The van der Waals surface area contributed by atoms with E-state index in [1.165, 1.54) is 30.3 Å². The van der Waals surface area contributed by atoms with Crippen LogP contribution in [-0.4, -0.2) is 23.6 Å². The number of rotatable bonds is 5. The number of nitrogens with one attached hydrogen (secondary N) is 1. The summed E-state index contributed by atoms with van der Waals surface area (Å²) in [4.78, 5) is 23.6. The van der Waals surface area contributed by atoms with Gasteiger partial charge in [0.2, 0.25) is 0 Å². The van der Waals surface area contributed by atoms with Gasteiger partial charge in [0.15, 0.2) is 6.61 Å². The molecule has 2 N–H and O–H groups in total. The number of hydrogen-bond donors (Lipinski definition) is 2. The van der Waals surface area contributed by atoms with Crippen molar-refractivity contribution in [3.05, 3.63) is 64.2 Å². The summed E-state index contributed by atoms with van der Waals surface area (Å²) >= 11 is 5.49. The Morgan fingerprint density at radius 2 is 1.77 bits per heavy atom. The third-order valence-electron chi connectivity index (χ3n) is 3.26. The zero-order valence-electron chi connectivity index (χ0n) is 13.1. The molecule has 2 aromatic rings. The molecule has 2 rings (SSSR count). The van der Waals surface area contributed by atoms with Crippen molar-refractivity contribution in [2.24, 2.45) is 0 Å². The number of ether oxygens (including phenoxy) is 1. The molecule has 0 atom stereocenters. The largest absolute Gasteiger partial charge is 0.452 e. The van der Waals surface area contributed by atoms with E-state index in [1.807, 2.05) is 0 Å². The molecule has 138 valence electrons. The fourth-order valence-corrected chi connectivity index (χ4v) is 2.20. The minimum Gasteiger partial charge on any atom is -0.452 e. The quantitative estimate of drug-likeness (QED) is 0.768. The zero-order valence-corrected chi connectivity index (χ0v) is 13.9. The Hall–Kier alpha value is -2.58. The lowest BCUT2D eigenvalue weighted by molar-refractivity contribution is -0.137. The smallest absolute Gasteiger partial charge is 0.417 e. The SMILES string of the molecule is O=C(COC(=O)c1ccc(CO)cc1)Nc1ccc(Cl)c(C(F)(F)F)c1. The number of carbonyl (C=O) groups is 2. The molecule has 0 heterocycles. The van der Waals surface area contributed by atoms with Gasteiger partial charge in [-0.3, -0.25) is 4.79 Å². The van der Waals surface area contributed by atoms with E-state index in [1.54, 1.807) is 0 Å². The van der Waals surface area contributed by atoms with E-state index in [4.69, 9.17) is 21.4 Å². The molecule has 0 radical (unpaired) electrons. The van der Waals surface area contributed by atoms with Crippen LogP contribution in [0.3, 0.4) is 0 Å². The van der Waals surface area contributed by atoms with Crippen molar-refractivity contribution in [3.63, 3.8) is 0 Å². The summed E-state index contributed by atoms with van der Waals surface area (Å²) in [5.41, 5.74) is -0.448. The molecule has 0 saturated heterocycles. The van der Waals surface area contributed by atoms with Gasteiger partial charge in [0.05, 0.1) is 22.8 Å². The van der Waals surface area contributed by atoms with Gasteiger partial charge >= 0.3 is 12.1 Å². The first-order valence-corrected chi connectivity index (χ1v) is 7.62. The predicted octanol–water partition coefficient (Wildman–Crippen LogP) is 3.65. The summed E-state index contributed by atoms with van der Waals surface area (Å²) in [6.07, 6.45) is -4.66. The van der Waals surface area contributed by atoms with Crippen LogP contribution >= 0.6 is 11.6 Å². The Morgan fingerprint density at radius 1 is 1.12 bits per heavy atom. The fraction of sp³-hybridized carbons (Fsp3) is 0.176. The highest BCUT2D eigenvalue weighted by molar-refractivity contribution is 6.31. The molecule has 0 aliphatic rings. The van der Waals surface area contributed by atoms with Gasteiger partial charge in [-0.15, -0.1) is 0 Å². The highest BCUT2D eigenvalue weighted by Gasteiger charge is 2.33. The highest BCUT2D eigenvalue weighted by atomic mass is 35.5. The van der Waals surface area contributed by atoms with Gasteiger partial charge < -0.3 is 15.2 Å². The molecule has 0 bridgehead atoms. The number of anilines is 1. The number of alkyl halides is 3. The van der Waals surface area contributed by atoms with Crippen LogP contribution in [0.1, 0.15) is 21.5 Å². The topological polar surface area (TPSA) is 75.6 Å². The first kappa shape index (κ1) is 19.7. The molecule has 9 heteroatoms. The standard InChI is InChI=1S/C17H13ClF3NO4/c18-14-6-5-12(7-13(14)17(19,20)21)22-15(24)9-26-16(25)11-3-1-10(8-23)2-4-11/h1-7,23H,8-9H2,(H,22,24). The molecule has 0 unspecified atom stereocenters. The average molecular weight is 388 g/mol. The maximum absolute atomic E-state index is 12.8. The van der Waals surface area contributed by atoms with Gasteiger partial charge in [0.1, 0.15) is 0 Å². The maximum atomic E-state index is 12.8. The van der Waals surface area contributed by atoms with Gasteiger partial charge in [-0.1, -0.05) is 23.7 Å². The van der Waals surface area contributed by atoms with Crippen molar-refractivity contribution in [1.29, 1.82) is 0 Å². The molecule has 0 spiro atoms. The van der Waals surface area contributed by atoms with Crippen molar-refractivity contribution in [3.8, 4) is 0 Å². The van der Waals surface area contributed by atoms with Crippen LogP contribution in [0.4, 0.5) is 18.9 Å². The zero-order chi connectivity index (χ0) is 19.3. The van der Waals surface area contributed by atoms with Crippen molar-refractivity contribution >= 4 is 29.2 Å². The monoisotopic (exact) mass is 387 g/mol. The molecular formula is C17H13ClF3NO4. The van der Waals surface area contributed by atoms with Crippen molar-refractivity contribution in [2.75, 3.05) is 11.9 Å². The van der Waals surface area contributed by atoms with Gasteiger partial charge in [-0.25, -0.2) is 4.79 Å². The maximum Gasteiger partial charge on any atom is 0.417 e. The molecule has 26 heavy (non-hydrogen) atoms. The van der Waals surface area contributed by atoms with E-state index >= 15 is 0 Å². The minimum absolute atomic E-state index is 0.130. The number of aliphatic hydroxyl groups excluding tert-OH is 1. The van der Waals surface area contributed by atoms with Gasteiger partial charge in [-0.2, -0.15) is 13.2 Å². The molecule has 5 nitrogen and oxygen atoms in total. The van der Waals surface area contributed by atoms with E-state index in [2.05, 4.69) is 5.32 Å². The van der Waals surface area contributed by atoms with E-state index in [9.17, 15) is 22.8 Å². The lowest BCUT2D eigenvalue weighted by Crippen LogP contribution is -2.21. The van der Waals surface area contributed by atoms with Gasteiger partial charge in [0, 0.05) is 5.69 Å². The summed E-state index contributed by atoms with van der Waals surface area (Å²) in [6.45, 7) is -0.858. The molecule has 0 saturated carbocycles. The molecule has 0 fully saturated rings. The van der Waals surface area contributed by atoms with Crippen LogP contribution in [0.2, 0.25) is 5.02 Å². The van der Waals surface area contributed by atoms with Crippen LogP contribution in [0.25, 0.3) is 0 Å². The minimum atomic E-state index is -4.66. The number of amides is 1. The Balaban J connectivity index is 1.95.